The van der Waals surface area contributed by atoms with Gasteiger partial charge in [0.1, 0.15) is 17.7 Å². The summed E-state index contributed by atoms with van der Waals surface area (Å²) in [5.74, 6) is -0.753. The Morgan fingerprint density at radius 3 is 2.62 bits per heavy atom. The molecule has 0 unspecified atom stereocenters. The molecule has 1 amide bonds. The van der Waals surface area contributed by atoms with Gasteiger partial charge < -0.3 is 5.11 Å². The van der Waals surface area contributed by atoms with Crippen molar-refractivity contribution in [3.63, 3.8) is 0 Å². The molecule has 5 nitrogen and oxygen atoms in total. The fourth-order valence-electron chi connectivity index (χ4n) is 2.29. The fourth-order valence-corrected chi connectivity index (χ4v) is 2.50. The third-order valence-electron chi connectivity index (χ3n) is 3.14. The second-order valence-corrected chi connectivity index (χ2v) is 5.04. The zero-order chi connectivity index (χ0) is 15.0. The van der Waals surface area contributed by atoms with Crippen LogP contribution in [-0.4, -0.2) is 27.8 Å². The molecule has 0 radical (unpaired) electrons. The third kappa shape index (κ3) is 2.49. The van der Waals surface area contributed by atoms with Crippen molar-refractivity contribution in [2.24, 2.45) is 4.99 Å². The maximum atomic E-state index is 11.7. The lowest BCUT2D eigenvalue weighted by atomic mass is 10.1. The van der Waals surface area contributed by atoms with Gasteiger partial charge in [-0.1, -0.05) is 41.9 Å². The minimum atomic E-state index is -0.553. The predicted octanol–water partition coefficient (Wildman–Crippen LogP) is 1.05. The molecule has 0 aliphatic carbocycles. The number of phenolic OH excluding ortho intramolecular Hbond substituents is 1. The number of rotatable bonds is 1. The molecule has 106 valence electrons. The minimum Gasteiger partial charge on any atom is -0.506 e. The number of nitrogens with zero attached hydrogens (tertiary/aromatic N) is 2. The highest BCUT2D eigenvalue weighted by Crippen LogP contribution is 2.17. The molecule has 0 fully saturated rings. The Kier molecular flexibility index (Phi) is 3.37. The van der Waals surface area contributed by atoms with Gasteiger partial charge in [-0.05, 0) is 6.07 Å². The van der Waals surface area contributed by atoms with Crippen molar-refractivity contribution in [3.05, 3.63) is 63.6 Å². The molecule has 0 saturated carbocycles. The number of benzene rings is 2. The van der Waals surface area contributed by atoms with Gasteiger partial charge in [0, 0.05) is 21.9 Å². The van der Waals surface area contributed by atoms with Gasteiger partial charge >= 0.3 is 0 Å². The van der Waals surface area contributed by atoms with E-state index in [0.29, 0.717) is 16.5 Å². The second kappa shape index (κ2) is 5.20. The molecular weight excluding hydrogens is 292 g/mol. The van der Waals surface area contributed by atoms with E-state index in [4.69, 9.17) is 11.6 Å². The molecule has 0 aromatic heterocycles. The Morgan fingerprint density at radius 1 is 1.19 bits per heavy atom. The van der Waals surface area contributed by atoms with E-state index < -0.39 is 5.91 Å². The molecule has 0 bridgehead atoms. The van der Waals surface area contributed by atoms with Crippen LogP contribution in [0.1, 0.15) is 5.56 Å². The molecule has 1 aliphatic rings. The largest absolute Gasteiger partial charge is 0.506 e. The summed E-state index contributed by atoms with van der Waals surface area (Å²) in [5, 5.41) is 21.8. The van der Waals surface area contributed by atoms with Crippen molar-refractivity contribution >= 4 is 23.2 Å². The lowest BCUT2D eigenvalue weighted by Crippen LogP contribution is -2.32. The molecular formula is C15H11ClN2O3. The number of hydroxylamine groups is 2. The number of phenols is 1. The first-order chi connectivity index (χ1) is 10.1. The quantitative estimate of drug-likeness (QED) is 0.826. The van der Waals surface area contributed by atoms with E-state index in [1.165, 1.54) is 6.07 Å². The molecule has 0 atom stereocenters. The molecule has 2 aromatic carbocycles. The molecule has 2 aromatic rings. The summed E-state index contributed by atoms with van der Waals surface area (Å²) in [6.07, 6.45) is 0. The van der Waals surface area contributed by atoms with Gasteiger partial charge in [-0.25, -0.2) is 10.1 Å². The van der Waals surface area contributed by atoms with Crippen molar-refractivity contribution < 1.29 is 15.1 Å². The lowest BCUT2D eigenvalue weighted by molar-refractivity contribution is -0.125. The Morgan fingerprint density at radius 2 is 1.90 bits per heavy atom. The van der Waals surface area contributed by atoms with Crippen LogP contribution in [0, 0.1) is 0 Å². The molecule has 3 rings (SSSR count). The van der Waals surface area contributed by atoms with Crippen LogP contribution >= 0.6 is 11.6 Å². The van der Waals surface area contributed by atoms with Gasteiger partial charge in [0.15, 0.2) is 0 Å². The highest BCUT2D eigenvalue weighted by Gasteiger charge is 2.19. The predicted molar refractivity (Wildman–Crippen MR) is 76.3 cm³/mol. The molecule has 1 heterocycles. The van der Waals surface area contributed by atoms with E-state index in [1.807, 2.05) is 18.2 Å². The Balaban J connectivity index is 2.49. The zero-order valence-corrected chi connectivity index (χ0v) is 11.6. The van der Waals surface area contributed by atoms with Gasteiger partial charge in [0.05, 0.1) is 5.70 Å². The van der Waals surface area contributed by atoms with E-state index in [1.54, 1.807) is 18.2 Å². The van der Waals surface area contributed by atoms with Gasteiger partial charge in [-0.2, -0.15) is 0 Å². The summed E-state index contributed by atoms with van der Waals surface area (Å²) in [6, 6.07) is 11.9. The van der Waals surface area contributed by atoms with Crippen LogP contribution < -0.4 is 10.6 Å². The first-order valence-corrected chi connectivity index (χ1v) is 6.60. The van der Waals surface area contributed by atoms with Crippen LogP contribution in [0.25, 0.3) is 5.70 Å². The smallest absolute Gasteiger partial charge is 0.268 e. The van der Waals surface area contributed by atoms with E-state index >= 15 is 0 Å². The Hall–Kier alpha value is -2.37. The van der Waals surface area contributed by atoms with Crippen LogP contribution in [0.3, 0.4) is 0 Å². The number of carbonyl (C=O) groups excluding carboxylic acids is 1. The van der Waals surface area contributed by atoms with Gasteiger partial charge in [0.2, 0.25) is 0 Å². The number of aromatic hydroxyl groups is 1. The van der Waals surface area contributed by atoms with E-state index in [-0.39, 0.29) is 22.7 Å². The molecule has 6 heteroatoms. The van der Waals surface area contributed by atoms with Gasteiger partial charge in [-0.3, -0.25) is 10.0 Å². The molecule has 2 N–H and O–H groups in total. The molecule has 1 aliphatic heterocycles. The maximum Gasteiger partial charge on any atom is 0.268 e. The summed E-state index contributed by atoms with van der Waals surface area (Å²) >= 11 is 5.97. The topological polar surface area (TPSA) is 73.1 Å². The van der Waals surface area contributed by atoms with E-state index in [0.717, 1.165) is 5.06 Å². The zero-order valence-electron chi connectivity index (χ0n) is 10.8. The maximum absolute atomic E-state index is 11.7. The van der Waals surface area contributed by atoms with Crippen LogP contribution in [-0.2, 0) is 4.79 Å². The third-order valence-corrected chi connectivity index (χ3v) is 3.35. The summed E-state index contributed by atoms with van der Waals surface area (Å²) in [5.41, 5.74) is 1.06. The van der Waals surface area contributed by atoms with Crippen LogP contribution in [0.5, 0.6) is 5.75 Å². The fraction of sp³-hybridized carbons (Fsp3) is 0.0667. The van der Waals surface area contributed by atoms with Crippen molar-refractivity contribution in [1.82, 2.24) is 5.06 Å². The first-order valence-electron chi connectivity index (χ1n) is 6.22. The summed E-state index contributed by atoms with van der Waals surface area (Å²) in [6.45, 7) is -0.296. The second-order valence-electron chi connectivity index (χ2n) is 4.60. The van der Waals surface area contributed by atoms with E-state index in [2.05, 4.69) is 4.99 Å². The molecule has 21 heavy (non-hydrogen) atoms. The standard InChI is InChI=1S/C15H11ClN2O3/c16-10-6-11-14(12(19)7-10)17-13(20)8-18(21)15(11)9-4-2-1-3-5-9/h1-7,19,21H,8H2. The SMILES string of the molecule is O=C1CN(O)C(c2ccccc2)=c2cc(Cl)cc(O)c2=N1. The Bertz CT molecular complexity index is 834. The summed E-state index contributed by atoms with van der Waals surface area (Å²) in [7, 11) is 0. The number of amides is 1. The molecule has 0 spiro atoms. The monoisotopic (exact) mass is 302 g/mol. The average Bonchev–Trinajstić information content (AvgIpc) is 2.55. The number of hydrogen-bond donors (Lipinski definition) is 2. The van der Waals surface area contributed by atoms with Crippen molar-refractivity contribution in [2.45, 2.75) is 0 Å². The van der Waals surface area contributed by atoms with Crippen LogP contribution in [0.15, 0.2) is 47.5 Å². The van der Waals surface area contributed by atoms with Crippen LogP contribution in [0.2, 0.25) is 5.02 Å². The number of hydrogen-bond acceptors (Lipinski definition) is 4. The Labute approximate surface area is 125 Å². The highest BCUT2D eigenvalue weighted by atomic mass is 35.5. The first kappa shape index (κ1) is 13.6. The van der Waals surface area contributed by atoms with Crippen molar-refractivity contribution in [3.8, 4) is 5.75 Å². The normalized spacial score (nSPS) is 14.5. The average molecular weight is 303 g/mol. The number of carbonyl (C=O) groups is 1. The van der Waals surface area contributed by atoms with Crippen molar-refractivity contribution in [2.75, 3.05) is 6.54 Å². The van der Waals surface area contributed by atoms with Gasteiger partial charge in [0.25, 0.3) is 5.91 Å². The minimum absolute atomic E-state index is 0.111. The van der Waals surface area contributed by atoms with Gasteiger partial charge in [-0.15, -0.1) is 0 Å². The van der Waals surface area contributed by atoms with Crippen LogP contribution in [0.4, 0.5) is 0 Å². The van der Waals surface area contributed by atoms with Crippen molar-refractivity contribution in [1.29, 1.82) is 0 Å². The number of fused-ring (bicyclic) bond motifs is 1. The molecule has 0 saturated heterocycles. The summed E-state index contributed by atoms with van der Waals surface area (Å²) in [4.78, 5) is 15.6. The summed E-state index contributed by atoms with van der Waals surface area (Å²) < 4.78 is 0. The lowest BCUT2D eigenvalue weighted by Gasteiger charge is -2.18. The highest BCUT2D eigenvalue weighted by molar-refractivity contribution is 6.30. The number of halogens is 1. The van der Waals surface area contributed by atoms with E-state index in [9.17, 15) is 15.1 Å².